The number of ether oxygens (including phenoxy) is 1. The molecular formula is C28H25ClN4O6S. The molecule has 10 nitrogen and oxygen atoms in total. The van der Waals surface area contributed by atoms with Gasteiger partial charge in [0.1, 0.15) is 10.6 Å². The molecule has 0 bridgehead atoms. The van der Waals surface area contributed by atoms with Crippen molar-refractivity contribution in [1.29, 1.82) is 0 Å². The normalized spacial score (nSPS) is 13.2. The Kier molecular flexibility index (Phi) is 7.37. The number of aromatic carboxylic acids is 1. The van der Waals surface area contributed by atoms with Gasteiger partial charge in [-0.1, -0.05) is 41.4 Å². The number of carbonyl (C=O) groups is 2. The molecule has 0 saturated heterocycles. The Hall–Kier alpha value is -4.19. The van der Waals surface area contributed by atoms with E-state index in [2.05, 4.69) is 15.1 Å². The molecule has 1 aliphatic rings. The van der Waals surface area contributed by atoms with E-state index in [-0.39, 0.29) is 50.1 Å². The molecule has 3 N–H and O–H groups in total. The van der Waals surface area contributed by atoms with E-state index >= 15 is 0 Å². The molecule has 12 heteroatoms. The fourth-order valence-corrected chi connectivity index (χ4v) is 5.66. The molecule has 1 amide bonds. The number of carboxylic acids is 1. The van der Waals surface area contributed by atoms with Crippen molar-refractivity contribution >= 4 is 39.2 Å². The van der Waals surface area contributed by atoms with E-state index in [1.54, 1.807) is 36.4 Å². The van der Waals surface area contributed by atoms with Crippen LogP contribution in [0.5, 0.6) is 11.6 Å². The number of amides is 1. The fourth-order valence-electron chi connectivity index (χ4n) is 3.98. The lowest BCUT2D eigenvalue weighted by atomic mass is 10.2. The predicted molar refractivity (Wildman–Crippen MR) is 149 cm³/mol. The Bertz CT molecular complexity index is 1730. The van der Waals surface area contributed by atoms with Crippen LogP contribution in [-0.4, -0.2) is 41.2 Å². The number of carbonyl (C=O) groups excluding carboxylic acids is 1. The van der Waals surface area contributed by atoms with Crippen LogP contribution in [0, 0.1) is 13.8 Å². The Morgan fingerprint density at radius 3 is 2.40 bits per heavy atom. The lowest BCUT2D eigenvalue weighted by Gasteiger charge is -2.16. The van der Waals surface area contributed by atoms with Gasteiger partial charge in [-0.3, -0.25) is 4.79 Å². The molecule has 0 spiro atoms. The van der Waals surface area contributed by atoms with Gasteiger partial charge in [-0.05, 0) is 69.2 Å². The Morgan fingerprint density at radius 1 is 1.05 bits per heavy atom. The first kappa shape index (κ1) is 27.4. The molecule has 0 unspecified atom stereocenters. The first-order chi connectivity index (χ1) is 19.0. The number of sulfonamides is 1. The van der Waals surface area contributed by atoms with Gasteiger partial charge in [0.15, 0.2) is 5.69 Å². The summed E-state index contributed by atoms with van der Waals surface area (Å²) in [6.07, 6.45) is 1.42. The molecular weight excluding hydrogens is 556 g/mol. The second-order valence-electron chi connectivity index (χ2n) is 9.42. The summed E-state index contributed by atoms with van der Waals surface area (Å²) >= 11 is 6.15. The summed E-state index contributed by atoms with van der Waals surface area (Å²) in [7, 11) is -4.08. The number of anilines is 1. The lowest BCUT2D eigenvalue weighted by molar-refractivity contribution is 0.0689. The average molecular weight is 581 g/mol. The molecule has 0 radical (unpaired) electrons. The third-order valence-corrected chi connectivity index (χ3v) is 8.14. The van der Waals surface area contributed by atoms with Crippen molar-refractivity contribution in [2.45, 2.75) is 37.6 Å². The van der Waals surface area contributed by atoms with Gasteiger partial charge in [0, 0.05) is 17.3 Å². The Labute approximate surface area is 235 Å². The van der Waals surface area contributed by atoms with Gasteiger partial charge in [-0.25, -0.2) is 17.9 Å². The zero-order valence-corrected chi connectivity index (χ0v) is 23.1. The smallest absolute Gasteiger partial charge is 0.356 e. The van der Waals surface area contributed by atoms with Crippen molar-refractivity contribution in [3.05, 3.63) is 94.1 Å². The van der Waals surface area contributed by atoms with Gasteiger partial charge in [-0.2, -0.15) is 9.78 Å². The lowest BCUT2D eigenvalue weighted by Crippen LogP contribution is -2.26. The number of halogens is 1. The summed E-state index contributed by atoms with van der Waals surface area (Å²) in [4.78, 5) is 24.5. The van der Waals surface area contributed by atoms with Crippen LogP contribution in [0.25, 0.3) is 5.69 Å². The second kappa shape index (κ2) is 10.8. The number of benzene rings is 3. The zero-order chi connectivity index (χ0) is 28.6. The molecule has 5 rings (SSSR count). The molecule has 1 heterocycles. The molecule has 3 aromatic carbocycles. The molecule has 0 aliphatic heterocycles. The maximum absolute atomic E-state index is 13.4. The van der Waals surface area contributed by atoms with Gasteiger partial charge in [-0.15, -0.1) is 0 Å². The first-order valence-corrected chi connectivity index (χ1v) is 14.2. The minimum Gasteiger partial charge on any atom is -0.476 e. The highest BCUT2D eigenvalue weighted by atomic mass is 35.5. The minimum absolute atomic E-state index is 0.0389. The molecule has 1 saturated carbocycles. The summed E-state index contributed by atoms with van der Waals surface area (Å²) < 4.78 is 36.9. The standard InChI is InChI=1S/C28H25ClN4O6S/c1-16-7-12-20(13-8-16)33-27(17(2)25(31-33)28(35)36)39-23-14-11-19(15-24(23)40(37,38)32-18-9-10-18)30-26(34)21-5-3-4-6-22(21)29/h3-8,11-15,18,32H,9-10H2,1-2H3,(H,30,34)(H,35,36). The van der Waals surface area contributed by atoms with Gasteiger partial charge >= 0.3 is 5.97 Å². The average Bonchev–Trinajstić information content (AvgIpc) is 3.66. The van der Waals surface area contributed by atoms with Crippen LogP contribution in [0.15, 0.2) is 71.6 Å². The van der Waals surface area contributed by atoms with E-state index in [1.807, 2.05) is 19.1 Å². The van der Waals surface area contributed by atoms with E-state index in [0.717, 1.165) is 5.56 Å². The van der Waals surface area contributed by atoms with Crippen molar-refractivity contribution in [3.8, 4) is 17.3 Å². The molecule has 4 aromatic rings. The predicted octanol–water partition coefficient (Wildman–Crippen LogP) is 5.33. The summed E-state index contributed by atoms with van der Waals surface area (Å²) in [6, 6.07) is 17.6. The zero-order valence-electron chi connectivity index (χ0n) is 21.5. The second-order valence-corrected chi connectivity index (χ2v) is 11.5. The maximum atomic E-state index is 13.4. The van der Waals surface area contributed by atoms with E-state index in [1.165, 1.54) is 29.8 Å². The number of rotatable bonds is 9. The monoisotopic (exact) mass is 580 g/mol. The molecule has 1 aliphatic carbocycles. The van der Waals surface area contributed by atoms with Crippen molar-refractivity contribution in [3.63, 3.8) is 0 Å². The minimum atomic E-state index is -4.08. The number of carboxylic acid groups (broad SMARTS) is 1. The number of hydrogen-bond acceptors (Lipinski definition) is 6. The summed E-state index contributed by atoms with van der Waals surface area (Å²) in [5, 5.41) is 16.8. The topological polar surface area (TPSA) is 140 Å². The highest BCUT2D eigenvalue weighted by Gasteiger charge is 2.31. The highest BCUT2D eigenvalue weighted by molar-refractivity contribution is 7.89. The van der Waals surface area contributed by atoms with Gasteiger partial charge in [0.25, 0.3) is 5.91 Å². The number of aryl methyl sites for hydroxylation is 1. The van der Waals surface area contributed by atoms with E-state index in [4.69, 9.17) is 16.3 Å². The first-order valence-electron chi connectivity index (χ1n) is 12.3. The van der Waals surface area contributed by atoms with E-state index < -0.39 is 21.9 Å². The van der Waals surface area contributed by atoms with Crippen LogP contribution in [0.1, 0.15) is 44.8 Å². The molecule has 1 aromatic heterocycles. The van der Waals surface area contributed by atoms with E-state index in [9.17, 15) is 23.1 Å². The van der Waals surface area contributed by atoms with Crippen LogP contribution in [-0.2, 0) is 10.0 Å². The third kappa shape index (κ3) is 5.71. The molecule has 40 heavy (non-hydrogen) atoms. The summed E-state index contributed by atoms with van der Waals surface area (Å²) in [5.74, 6) is -1.81. The van der Waals surface area contributed by atoms with E-state index in [0.29, 0.717) is 18.5 Å². The molecule has 0 atom stereocenters. The number of nitrogens with zero attached hydrogens (tertiary/aromatic N) is 2. The maximum Gasteiger partial charge on any atom is 0.356 e. The molecule has 1 fully saturated rings. The summed E-state index contributed by atoms with van der Waals surface area (Å²) in [5.41, 5.74) is 1.91. The van der Waals surface area contributed by atoms with Crippen LogP contribution in [0.2, 0.25) is 5.02 Å². The van der Waals surface area contributed by atoms with Crippen molar-refractivity contribution in [2.75, 3.05) is 5.32 Å². The number of nitrogens with one attached hydrogen (secondary N) is 2. The van der Waals surface area contributed by atoms with Crippen molar-refractivity contribution < 1.29 is 27.9 Å². The van der Waals surface area contributed by atoms with Crippen LogP contribution >= 0.6 is 11.6 Å². The number of hydrogen-bond donors (Lipinski definition) is 3. The van der Waals surface area contributed by atoms with Gasteiger partial charge < -0.3 is 15.2 Å². The van der Waals surface area contributed by atoms with Crippen LogP contribution < -0.4 is 14.8 Å². The van der Waals surface area contributed by atoms with Gasteiger partial charge in [0.05, 0.1) is 16.3 Å². The fraction of sp³-hybridized carbons (Fsp3) is 0.179. The van der Waals surface area contributed by atoms with Crippen LogP contribution in [0.4, 0.5) is 5.69 Å². The van der Waals surface area contributed by atoms with Gasteiger partial charge in [0.2, 0.25) is 15.9 Å². The highest BCUT2D eigenvalue weighted by Crippen LogP contribution is 2.36. The quantitative estimate of drug-likeness (QED) is 0.243. The van der Waals surface area contributed by atoms with Crippen molar-refractivity contribution in [1.82, 2.24) is 14.5 Å². The van der Waals surface area contributed by atoms with Crippen LogP contribution in [0.3, 0.4) is 0 Å². The Morgan fingerprint density at radius 2 is 1.75 bits per heavy atom. The number of aromatic nitrogens is 2. The third-order valence-electron chi connectivity index (χ3n) is 6.26. The SMILES string of the molecule is Cc1ccc(-n2nc(C(=O)O)c(C)c2Oc2ccc(NC(=O)c3ccccc3Cl)cc2S(=O)(=O)NC2CC2)cc1. The largest absolute Gasteiger partial charge is 0.476 e. The molecule has 206 valence electrons. The summed E-state index contributed by atoms with van der Waals surface area (Å²) in [6.45, 7) is 3.44. The van der Waals surface area contributed by atoms with Crippen molar-refractivity contribution in [2.24, 2.45) is 0 Å². The Balaban J connectivity index is 1.57.